The van der Waals surface area contributed by atoms with Gasteiger partial charge in [0.1, 0.15) is 6.04 Å². The summed E-state index contributed by atoms with van der Waals surface area (Å²) in [7, 11) is 0. The predicted molar refractivity (Wildman–Crippen MR) is 66.7 cm³/mol. The highest BCUT2D eigenvalue weighted by atomic mass is 19.2. The molecule has 1 heterocycles. The van der Waals surface area contributed by atoms with Gasteiger partial charge in [0.15, 0.2) is 11.6 Å². The number of benzene rings is 1. The molecule has 0 saturated carbocycles. The van der Waals surface area contributed by atoms with Gasteiger partial charge < -0.3 is 10.2 Å². The van der Waals surface area contributed by atoms with Gasteiger partial charge in [0.05, 0.1) is 11.4 Å². The lowest BCUT2D eigenvalue weighted by atomic mass is 10.1. The minimum atomic E-state index is -0.931. The Morgan fingerprint density at radius 1 is 1.33 bits per heavy atom. The summed E-state index contributed by atoms with van der Waals surface area (Å²) in [6.45, 7) is 4.26. The van der Waals surface area contributed by atoms with Crippen molar-refractivity contribution in [2.75, 3.05) is 16.8 Å². The molecule has 18 heavy (non-hydrogen) atoms. The zero-order valence-corrected chi connectivity index (χ0v) is 10.5. The van der Waals surface area contributed by atoms with Crippen LogP contribution >= 0.6 is 0 Å². The minimum absolute atomic E-state index is 0.109. The molecule has 1 aliphatic heterocycles. The standard InChI is InChI=1S/C13H16F2N2O/c1-3-4-5-17-12-7-10(15)9(14)6-11(12)16-8(2)13(17)18/h6-8,16H,3-5H2,1-2H3. The average molecular weight is 254 g/mol. The third-order valence-electron chi connectivity index (χ3n) is 3.07. The lowest BCUT2D eigenvalue weighted by Gasteiger charge is -2.34. The number of carbonyl (C=O) groups excluding carboxylic acids is 1. The van der Waals surface area contributed by atoms with Crippen LogP contribution in [0.5, 0.6) is 0 Å². The molecule has 2 rings (SSSR count). The summed E-state index contributed by atoms with van der Waals surface area (Å²) in [4.78, 5) is 13.6. The number of hydrogen-bond donors (Lipinski definition) is 1. The summed E-state index contributed by atoms with van der Waals surface area (Å²) >= 11 is 0. The zero-order valence-electron chi connectivity index (χ0n) is 10.5. The molecule has 1 aromatic carbocycles. The molecule has 1 aromatic rings. The number of fused-ring (bicyclic) bond motifs is 1. The van der Waals surface area contributed by atoms with Gasteiger partial charge in [-0.25, -0.2) is 8.78 Å². The monoisotopic (exact) mass is 254 g/mol. The number of nitrogens with one attached hydrogen (secondary N) is 1. The molecule has 0 spiro atoms. The smallest absolute Gasteiger partial charge is 0.249 e. The molecule has 1 amide bonds. The lowest BCUT2D eigenvalue weighted by Crippen LogP contribution is -2.46. The van der Waals surface area contributed by atoms with Gasteiger partial charge in [-0.1, -0.05) is 13.3 Å². The second kappa shape index (κ2) is 4.92. The van der Waals surface area contributed by atoms with E-state index < -0.39 is 17.7 Å². The summed E-state index contributed by atoms with van der Waals surface area (Å²) in [6, 6.07) is 1.77. The van der Waals surface area contributed by atoms with Gasteiger partial charge in [0, 0.05) is 18.7 Å². The molecular weight excluding hydrogens is 238 g/mol. The van der Waals surface area contributed by atoms with E-state index in [1.807, 2.05) is 6.92 Å². The molecule has 0 aromatic heterocycles. The van der Waals surface area contributed by atoms with Crippen LogP contribution < -0.4 is 10.2 Å². The molecule has 98 valence electrons. The molecule has 0 radical (unpaired) electrons. The first kappa shape index (κ1) is 12.8. The van der Waals surface area contributed by atoms with Crippen molar-refractivity contribution >= 4 is 17.3 Å². The first-order valence-electron chi connectivity index (χ1n) is 6.11. The molecule has 1 aliphatic rings. The fourth-order valence-electron chi connectivity index (χ4n) is 2.07. The Morgan fingerprint density at radius 2 is 2.00 bits per heavy atom. The number of nitrogens with zero attached hydrogens (tertiary/aromatic N) is 1. The molecule has 0 fully saturated rings. The number of anilines is 2. The number of halogens is 2. The fraction of sp³-hybridized carbons (Fsp3) is 0.462. The third kappa shape index (κ3) is 2.17. The van der Waals surface area contributed by atoms with Gasteiger partial charge in [-0.3, -0.25) is 4.79 Å². The Hall–Kier alpha value is -1.65. The van der Waals surface area contributed by atoms with Crippen LogP contribution in [0, 0.1) is 11.6 Å². The van der Waals surface area contributed by atoms with Gasteiger partial charge in [0.25, 0.3) is 0 Å². The fourth-order valence-corrected chi connectivity index (χ4v) is 2.07. The SMILES string of the molecule is CCCCN1C(=O)C(C)Nc2cc(F)c(F)cc21. The molecule has 0 bridgehead atoms. The maximum Gasteiger partial charge on any atom is 0.249 e. The number of rotatable bonds is 3. The predicted octanol–water partition coefficient (Wildman–Crippen LogP) is 2.91. The van der Waals surface area contributed by atoms with Crippen LogP contribution in [0.2, 0.25) is 0 Å². The average Bonchev–Trinajstić information content (AvgIpc) is 2.33. The van der Waals surface area contributed by atoms with E-state index >= 15 is 0 Å². The van der Waals surface area contributed by atoms with E-state index in [0.29, 0.717) is 17.9 Å². The van der Waals surface area contributed by atoms with E-state index in [1.165, 1.54) is 4.90 Å². The van der Waals surface area contributed by atoms with Crippen LogP contribution in [0.25, 0.3) is 0 Å². The van der Waals surface area contributed by atoms with Crippen molar-refractivity contribution in [3.63, 3.8) is 0 Å². The van der Waals surface area contributed by atoms with Crippen LogP contribution in [0.3, 0.4) is 0 Å². The third-order valence-corrected chi connectivity index (χ3v) is 3.07. The second-order valence-corrected chi connectivity index (χ2v) is 4.49. The number of unbranched alkanes of at least 4 members (excludes halogenated alkanes) is 1. The zero-order chi connectivity index (χ0) is 13.3. The number of carbonyl (C=O) groups is 1. The van der Waals surface area contributed by atoms with Crippen LogP contribution in [0.15, 0.2) is 12.1 Å². The van der Waals surface area contributed by atoms with E-state index in [-0.39, 0.29) is 5.91 Å². The molecular formula is C13H16F2N2O. The van der Waals surface area contributed by atoms with Gasteiger partial charge in [-0.15, -0.1) is 0 Å². The van der Waals surface area contributed by atoms with E-state index in [9.17, 15) is 13.6 Å². The number of amides is 1. The second-order valence-electron chi connectivity index (χ2n) is 4.49. The van der Waals surface area contributed by atoms with Gasteiger partial charge in [-0.2, -0.15) is 0 Å². The largest absolute Gasteiger partial charge is 0.372 e. The first-order chi connectivity index (χ1) is 8.54. The molecule has 1 atom stereocenters. The van der Waals surface area contributed by atoms with Crippen molar-refractivity contribution in [1.82, 2.24) is 0 Å². The highest BCUT2D eigenvalue weighted by Crippen LogP contribution is 2.33. The van der Waals surface area contributed by atoms with E-state index in [0.717, 1.165) is 25.0 Å². The summed E-state index contributed by atoms with van der Waals surface area (Å²) in [6.07, 6.45) is 1.77. The quantitative estimate of drug-likeness (QED) is 0.899. The van der Waals surface area contributed by atoms with Crippen molar-refractivity contribution in [3.05, 3.63) is 23.8 Å². The Bertz CT molecular complexity index is 476. The maximum atomic E-state index is 13.3. The summed E-state index contributed by atoms with van der Waals surface area (Å²) in [5, 5.41) is 2.89. The molecule has 1 N–H and O–H groups in total. The van der Waals surface area contributed by atoms with Crippen LogP contribution in [-0.2, 0) is 4.79 Å². The van der Waals surface area contributed by atoms with Crippen molar-refractivity contribution in [2.24, 2.45) is 0 Å². The van der Waals surface area contributed by atoms with Crippen LogP contribution in [-0.4, -0.2) is 18.5 Å². The molecule has 0 aliphatic carbocycles. The summed E-state index contributed by atoms with van der Waals surface area (Å²) < 4.78 is 26.5. The minimum Gasteiger partial charge on any atom is -0.372 e. The van der Waals surface area contributed by atoms with Crippen molar-refractivity contribution in [2.45, 2.75) is 32.7 Å². The Balaban J connectivity index is 2.41. The molecule has 1 unspecified atom stereocenters. The highest BCUT2D eigenvalue weighted by molar-refractivity contribution is 6.04. The van der Waals surface area contributed by atoms with E-state index in [4.69, 9.17) is 0 Å². The van der Waals surface area contributed by atoms with Crippen molar-refractivity contribution in [3.8, 4) is 0 Å². The van der Waals surface area contributed by atoms with Crippen molar-refractivity contribution < 1.29 is 13.6 Å². The first-order valence-corrected chi connectivity index (χ1v) is 6.11. The topological polar surface area (TPSA) is 32.3 Å². The molecule has 0 saturated heterocycles. The van der Waals surface area contributed by atoms with E-state index in [1.54, 1.807) is 6.92 Å². The van der Waals surface area contributed by atoms with E-state index in [2.05, 4.69) is 5.32 Å². The maximum absolute atomic E-state index is 13.3. The Morgan fingerprint density at radius 3 is 2.67 bits per heavy atom. The Labute approximate surface area is 105 Å². The van der Waals surface area contributed by atoms with Crippen LogP contribution in [0.4, 0.5) is 20.2 Å². The number of hydrogen-bond acceptors (Lipinski definition) is 2. The van der Waals surface area contributed by atoms with Gasteiger partial charge in [-0.05, 0) is 13.3 Å². The Kier molecular flexibility index (Phi) is 3.50. The van der Waals surface area contributed by atoms with Gasteiger partial charge in [0.2, 0.25) is 5.91 Å². The van der Waals surface area contributed by atoms with Crippen LogP contribution in [0.1, 0.15) is 26.7 Å². The molecule has 3 nitrogen and oxygen atoms in total. The highest BCUT2D eigenvalue weighted by Gasteiger charge is 2.30. The summed E-state index contributed by atoms with van der Waals surface area (Å²) in [5.74, 6) is -1.94. The summed E-state index contributed by atoms with van der Waals surface area (Å²) in [5.41, 5.74) is 0.891. The normalized spacial score (nSPS) is 18.6. The molecule has 5 heteroatoms. The van der Waals surface area contributed by atoms with Crippen molar-refractivity contribution in [1.29, 1.82) is 0 Å². The van der Waals surface area contributed by atoms with Gasteiger partial charge >= 0.3 is 0 Å². The lowest BCUT2D eigenvalue weighted by molar-refractivity contribution is -0.119.